The molecule has 52 heavy (non-hydrogen) atoms. The van der Waals surface area contributed by atoms with Gasteiger partial charge in [0.05, 0.1) is 5.69 Å². The van der Waals surface area contributed by atoms with Gasteiger partial charge in [0.1, 0.15) is 22.3 Å². The van der Waals surface area contributed by atoms with Crippen LogP contribution in [0.5, 0.6) is 0 Å². The van der Waals surface area contributed by atoms with Crippen LogP contribution in [0.4, 0.5) is 34.1 Å². The van der Waals surface area contributed by atoms with Gasteiger partial charge in [-0.1, -0.05) is 97.1 Å². The topological polar surface area (TPSA) is 32.8 Å². The zero-order chi connectivity index (χ0) is 34.4. The molecule has 246 valence electrons. The Morgan fingerprint density at radius 1 is 0.288 bits per heavy atom. The molecule has 0 amide bonds. The second-order valence-electron chi connectivity index (χ2n) is 13.0. The zero-order valence-corrected chi connectivity index (χ0v) is 28.2. The number of hydrogen-bond donors (Lipinski definition) is 0. The second kappa shape index (κ2) is 12.4. The lowest BCUT2D eigenvalue weighted by Crippen LogP contribution is -2.11. The van der Waals surface area contributed by atoms with Crippen LogP contribution < -0.4 is 9.80 Å². The number of rotatable bonds is 7. The van der Waals surface area contributed by atoms with Gasteiger partial charge in [0.15, 0.2) is 0 Å². The molecule has 0 N–H and O–H groups in total. The van der Waals surface area contributed by atoms with Crippen LogP contribution in [0.25, 0.3) is 55.0 Å². The van der Waals surface area contributed by atoms with Gasteiger partial charge in [0.2, 0.25) is 0 Å². The van der Waals surface area contributed by atoms with E-state index in [1.165, 1.54) is 0 Å². The predicted molar refractivity (Wildman–Crippen MR) is 216 cm³/mol. The second-order valence-corrected chi connectivity index (χ2v) is 13.0. The number of anilines is 6. The highest BCUT2D eigenvalue weighted by atomic mass is 16.3. The van der Waals surface area contributed by atoms with Crippen molar-refractivity contribution in [2.45, 2.75) is 0 Å². The van der Waals surface area contributed by atoms with Crippen LogP contribution in [-0.4, -0.2) is 0 Å². The first-order chi connectivity index (χ1) is 25.8. The Labute approximate surface area is 301 Å². The first-order valence-corrected chi connectivity index (χ1v) is 17.5. The Hall–Kier alpha value is -7.04. The highest BCUT2D eigenvalue weighted by Gasteiger charge is 2.20. The lowest BCUT2D eigenvalue weighted by Gasteiger charge is -2.28. The third kappa shape index (κ3) is 5.09. The van der Waals surface area contributed by atoms with Crippen molar-refractivity contribution in [1.29, 1.82) is 0 Å². The fraction of sp³-hybridized carbons (Fsp3) is 0. The zero-order valence-electron chi connectivity index (χ0n) is 28.2. The maximum absolute atomic E-state index is 6.44. The maximum atomic E-state index is 6.44. The largest absolute Gasteiger partial charge is 0.456 e. The first-order valence-electron chi connectivity index (χ1n) is 17.5. The van der Waals surface area contributed by atoms with Crippen LogP contribution in [0.1, 0.15) is 0 Å². The summed E-state index contributed by atoms with van der Waals surface area (Å²) in [6, 6.07) is 67.9. The summed E-state index contributed by atoms with van der Waals surface area (Å²) in [7, 11) is 0. The van der Waals surface area contributed by atoms with Gasteiger partial charge in [-0.05, 0) is 103 Å². The van der Waals surface area contributed by atoms with E-state index in [0.29, 0.717) is 0 Å². The molecule has 8 aromatic carbocycles. The molecule has 0 saturated heterocycles. The van der Waals surface area contributed by atoms with E-state index < -0.39 is 0 Å². The van der Waals surface area contributed by atoms with Gasteiger partial charge in [0.25, 0.3) is 0 Å². The maximum Gasteiger partial charge on any atom is 0.135 e. The highest BCUT2D eigenvalue weighted by Crippen LogP contribution is 2.44. The minimum atomic E-state index is 0.858. The molecule has 10 rings (SSSR count). The number of hydrogen-bond acceptors (Lipinski definition) is 4. The van der Waals surface area contributed by atoms with Crippen molar-refractivity contribution in [2.24, 2.45) is 0 Å². The first kappa shape index (κ1) is 29.8. The molecule has 0 unspecified atom stereocenters. The number of para-hydroxylation sites is 5. The van der Waals surface area contributed by atoms with E-state index in [4.69, 9.17) is 8.83 Å². The number of fused-ring (bicyclic) bond motifs is 6. The van der Waals surface area contributed by atoms with Crippen molar-refractivity contribution in [3.63, 3.8) is 0 Å². The van der Waals surface area contributed by atoms with Gasteiger partial charge >= 0.3 is 0 Å². The smallest absolute Gasteiger partial charge is 0.135 e. The van der Waals surface area contributed by atoms with E-state index in [2.05, 4.69) is 192 Å². The molecule has 10 aromatic rings. The Morgan fingerprint density at radius 3 is 1.37 bits per heavy atom. The molecule has 4 nitrogen and oxygen atoms in total. The molecular formula is C48H32N2O2. The SMILES string of the molecule is c1ccc(N(c2ccccc2)c2ccc3oc4ccc(-c5ccccc5N(c5ccccc5)c5ccc6oc7ccccc7c6c5)cc4c3c2)cc1. The highest BCUT2D eigenvalue weighted by molar-refractivity contribution is 6.09. The van der Waals surface area contributed by atoms with Crippen molar-refractivity contribution in [1.82, 2.24) is 0 Å². The van der Waals surface area contributed by atoms with E-state index in [1.807, 2.05) is 12.1 Å². The molecule has 0 spiro atoms. The van der Waals surface area contributed by atoms with Crippen LogP contribution in [0.2, 0.25) is 0 Å². The summed E-state index contributed by atoms with van der Waals surface area (Å²) in [5.41, 5.74) is 12.2. The molecule has 0 atom stereocenters. The van der Waals surface area contributed by atoms with Crippen molar-refractivity contribution in [3.05, 3.63) is 194 Å². The molecular weight excluding hydrogens is 637 g/mol. The minimum absolute atomic E-state index is 0.858. The number of benzene rings is 8. The van der Waals surface area contributed by atoms with Crippen LogP contribution in [0.15, 0.2) is 203 Å². The lowest BCUT2D eigenvalue weighted by atomic mass is 9.99. The van der Waals surface area contributed by atoms with Gasteiger partial charge in [-0.2, -0.15) is 0 Å². The van der Waals surface area contributed by atoms with E-state index in [1.54, 1.807) is 0 Å². The molecule has 0 fully saturated rings. The Kier molecular flexibility index (Phi) is 7.10. The van der Waals surface area contributed by atoms with Gasteiger partial charge in [-0.25, -0.2) is 0 Å². The monoisotopic (exact) mass is 668 g/mol. The fourth-order valence-corrected chi connectivity index (χ4v) is 7.44. The van der Waals surface area contributed by atoms with Gasteiger partial charge < -0.3 is 18.6 Å². The van der Waals surface area contributed by atoms with Crippen LogP contribution >= 0.6 is 0 Å². The van der Waals surface area contributed by atoms with E-state index in [0.717, 1.165) is 89.1 Å². The number of furan rings is 2. The Morgan fingerprint density at radius 2 is 0.731 bits per heavy atom. The lowest BCUT2D eigenvalue weighted by molar-refractivity contribution is 0.668. The predicted octanol–water partition coefficient (Wildman–Crippen LogP) is 14.1. The summed E-state index contributed by atoms with van der Waals surface area (Å²) in [5, 5.41) is 4.34. The van der Waals surface area contributed by atoms with Crippen LogP contribution in [0.3, 0.4) is 0 Å². The standard InChI is InChI=1S/C48H32N2O2/c1-4-14-34(15-5-1)49(35-16-6-2-7-17-35)37-25-28-48-43(31-37)41-30-33(24-27-46(41)52-48)39-20-10-12-22-44(39)50(36-18-8-3-9-19-36)38-26-29-47-42(32-38)40-21-11-13-23-45(40)51-47/h1-32H. The van der Waals surface area contributed by atoms with Gasteiger partial charge in [-0.15, -0.1) is 0 Å². The molecule has 0 radical (unpaired) electrons. The van der Waals surface area contributed by atoms with E-state index in [9.17, 15) is 0 Å². The third-order valence-corrected chi connectivity index (χ3v) is 9.83. The normalized spacial score (nSPS) is 11.5. The van der Waals surface area contributed by atoms with E-state index in [-0.39, 0.29) is 0 Å². The van der Waals surface area contributed by atoms with Gasteiger partial charge in [-0.3, -0.25) is 0 Å². The molecule has 0 aliphatic carbocycles. The van der Waals surface area contributed by atoms with Crippen molar-refractivity contribution in [3.8, 4) is 11.1 Å². The molecule has 0 bridgehead atoms. The van der Waals surface area contributed by atoms with Crippen LogP contribution in [0, 0.1) is 0 Å². The van der Waals surface area contributed by atoms with E-state index >= 15 is 0 Å². The Bertz CT molecular complexity index is 2820. The molecule has 4 heteroatoms. The molecule has 0 aliphatic heterocycles. The fourth-order valence-electron chi connectivity index (χ4n) is 7.44. The summed E-state index contributed by atoms with van der Waals surface area (Å²) in [6.45, 7) is 0. The summed E-state index contributed by atoms with van der Waals surface area (Å²) in [5.74, 6) is 0. The number of nitrogens with zero attached hydrogens (tertiary/aromatic N) is 2. The van der Waals surface area contributed by atoms with Gasteiger partial charge in [0, 0.05) is 55.5 Å². The average molecular weight is 669 g/mol. The summed E-state index contributed by atoms with van der Waals surface area (Å²) in [6.07, 6.45) is 0. The molecule has 2 heterocycles. The average Bonchev–Trinajstić information content (AvgIpc) is 3.77. The molecule has 0 saturated carbocycles. The molecule has 0 aliphatic rings. The van der Waals surface area contributed by atoms with Crippen molar-refractivity contribution in [2.75, 3.05) is 9.80 Å². The van der Waals surface area contributed by atoms with Crippen molar-refractivity contribution < 1.29 is 8.83 Å². The Balaban J connectivity index is 1.13. The van der Waals surface area contributed by atoms with Crippen molar-refractivity contribution >= 4 is 78.0 Å². The van der Waals surface area contributed by atoms with Crippen LogP contribution in [-0.2, 0) is 0 Å². The quantitative estimate of drug-likeness (QED) is 0.169. The minimum Gasteiger partial charge on any atom is -0.456 e. The third-order valence-electron chi connectivity index (χ3n) is 9.83. The molecule has 2 aromatic heterocycles. The summed E-state index contributed by atoms with van der Waals surface area (Å²) >= 11 is 0. The summed E-state index contributed by atoms with van der Waals surface area (Å²) in [4.78, 5) is 4.62. The summed E-state index contributed by atoms with van der Waals surface area (Å²) < 4.78 is 12.6.